The molecule has 0 aliphatic heterocycles. The fourth-order valence-electron chi connectivity index (χ4n) is 1.33. The van der Waals surface area contributed by atoms with Crippen LogP contribution in [0.5, 0.6) is 0 Å². The maximum atomic E-state index is 13.2. The zero-order chi connectivity index (χ0) is 11.4. The van der Waals surface area contributed by atoms with E-state index < -0.39 is 5.82 Å². The number of para-hydroxylation sites is 1. The average molecular weight is 219 g/mol. The van der Waals surface area contributed by atoms with Crippen molar-refractivity contribution in [2.75, 3.05) is 5.32 Å². The maximum absolute atomic E-state index is 13.2. The number of anilines is 1. The van der Waals surface area contributed by atoms with Gasteiger partial charge in [0.15, 0.2) is 0 Å². The van der Waals surface area contributed by atoms with Gasteiger partial charge in [-0.05, 0) is 24.3 Å². The first-order chi connectivity index (χ1) is 7.75. The lowest BCUT2D eigenvalue weighted by atomic mass is 10.2. The normalized spacial score (nSPS) is 10.1. The number of rotatable bonds is 3. The van der Waals surface area contributed by atoms with Crippen molar-refractivity contribution in [1.29, 1.82) is 0 Å². The SMILES string of the molecule is O=C(Cc1ccco1)Nc1ccccc1F. The molecule has 1 N–H and O–H groups in total. The van der Waals surface area contributed by atoms with Crippen LogP contribution in [0, 0.1) is 5.82 Å². The van der Waals surface area contributed by atoms with Crippen molar-refractivity contribution in [1.82, 2.24) is 0 Å². The van der Waals surface area contributed by atoms with Crippen molar-refractivity contribution in [3.05, 3.63) is 54.2 Å². The summed E-state index contributed by atoms with van der Waals surface area (Å²) in [4.78, 5) is 11.5. The molecule has 1 aromatic heterocycles. The van der Waals surface area contributed by atoms with E-state index in [0.717, 1.165) is 0 Å². The van der Waals surface area contributed by atoms with Crippen LogP contribution in [0.4, 0.5) is 10.1 Å². The van der Waals surface area contributed by atoms with Crippen molar-refractivity contribution in [2.24, 2.45) is 0 Å². The summed E-state index contributed by atoms with van der Waals surface area (Å²) in [7, 11) is 0. The zero-order valence-electron chi connectivity index (χ0n) is 8.44. The molecule has 16 heavy (non-hydrogen) atoms. The van der Waals surface area contributed by atoms with Crippen LogP contribution in [0.25, 0.3) is 0 Å². The first kappa shape index (κ1) is 10.4. The van der Waals surface area contributed by atoms with E-state index in [0.29, 0.717) is 5.76 Å². The van der Waals surface area contributed by atoms with Gasteiger partial charge in [-0.3, -0.25) is 4.79 Å². The second-order valence-electron chi connectivity index (χ2n) is 3.28. The Balaban J connectivity index is 2.00. The molecule has 0 atom stereocenters. The van der Waals surface area contributed by atoms with Crippen LogP contribution in [-0.2, 0) is 11.2 Å². The summed E-state index contributed by atoms with van der Waals surface area (Å²) in [6, 6.07) is 9.42. The van der Waals surface area contributed by atoms with Crippen LogP contribution in [0.2, 0.25) is 0 Å². The first-order valence-electron chi connectivity index (χ1n) is 4.82. The van der Waals surface area contributed by atoms with Gasteiger partial charge in [0.25, 0.3) is 0 Å². The molecule has 82 valence electrons. The van der Waals surface area contributed by atoms with E-state index in [1.807, 2.05) is 0 Å². The number of carbonyl (C=O) groups excluding carboxylic acids is 1. The molecule has 1 aromatic carbocycles. The highest BCUT2D eigenvalue weighted by Gasteiger charge is 2.08. The van der Waals surface area contributed by atoms with Gasteiger partial charge in [-0.2, -0.15) is 0 Å². The molecule has 0 aliphatic carbocycles. The maximum Gasteiger partial charge on any atom is 0.232 e. The quantitative estimate of drug-likeness (QED) is 0.862. The third kappa shape index (κ3) is 2.48. The van der Waals surface area contributed by atoms with Gasteiger partial charge < -0.3 is 9.73 Å². The Morgan fingerprint density at radius 3 is 2.75 bits per heavy atom. The van der Waals surface area contributed by atoms with Crippen molar-refractivity contribution >= 4 is 11.6 Å². The van der Waals surface area contributed by atoms with E-state index >= 15 is 0 Å². The van der Waals surface area contributed by atoms with Crippen molar-refractivity contribution in [2.45, 2.75) is 6.42 Å². The van der Waals surface area contributed by atoms with E-state index in [4.69, 9.17) is 4.42 Å². The molecule has 1 amide bonds. The van der Waals surface area contributed by atoms with E-state index in [9.17, 15) is 9.18 Å². The Kier molecular flexibility index (Phi) is 3.00. The number of amides is 1. The van der Waals surface area contributed by atoms with Gasteiger partial charge >= 0.3 is 0 Å². The van der Waals surface area contributed by atoms with Crippen LogP contribution in [-0.4, -0.2) is 5.91 Å². The molecule has 0 bridgehead atoms. The van der Waals surface area contributed by atoms with Crippen LogP contribution in [0.15, 0.2) is 47.1 Å². The second-order valence-corrected chi connectivity index (χ2v) is 3.28. The Morgan fingerprint density at radius 2 is 2.06 bits per heavy atom. The van der Waals surface area contributed by atoms with E-state index in [1.54, 1.807) is 24.3 Å². The number of halogens is 1. The molecule has 0 saturated carbocycles. The second kappa shape index (κ2) is 4.61. The summed E-state index contributed by atoms with van der Waals surface area (Å²) in [6.45, 7) is 0. The summed E-state index contributed by atoms with van der Waals surface area (Å²) >= 11 is 0. The van der Waals surface area contributed by atoms with Gasteiger partial charge in [0.05, 0.1) is 18.4 Å². The van der Waals surface area contributed by atoms with Gasteiger partial charge in [-0.25, -0.2) is 4.39 Å². The van der Waals surface area contributed by atoms with Crippen molar-refractivity contribution < 1.29 is 13.6 Å². The number of nitrogens with one attached hydrogen (secondary N) is 1. The molecule has 4 heteroatoms. The minimum absolute atomic E-state index is 0.0985. The van der Waals surface area contributed by atoms with Gasteiger partial charge in [-0.15, -0.1) is 0 Å². The number of hydrogen-bond donors (Lipinski definition) is 1. The monoisotopic (exact) mass is 219 g/mol. The van der Waals surface area contributed by atoms with E-state index in [-0.39, 0.29) is 18.0 Å². The summed E-state index contributed by atoms with van der Waals surface area (Å²) in [5, 5.41) is 2.47. The number of hydrogen-bond acceptors (Lipinski definition) is 2. The highest BCUT2D eigenvalue weighted by atomic mass is 19.1. The predicted octanol–water partition coefficient (Wildman–Crippen LogP) is 2.60. The third-order valence-corrected chi connectivity index (χ3v) is 2.06. The zero-order valence-corrected chi connectivity index (χ0v) is 8.44. The van der Waals surface area contributed by atoms with Crippen molar-refractivity contribution in [3.8, 4) is 0 Å². The molecular formula is C12H10FNO2. The lowest BCUT2D eigenvalue weighted by molar-refractivity contribution is -0.115. The molecular weight excluding hydrogens is 209 g/mol. The van der Waals surface area contributed by atoms with Crippen LogP contribution in [0.3, 0.4) is 0 Å². The smallest absolute Gasteiger partial charge is 0.232 e. The van der Waals surface area contributed by atoms with Gasteiger partial charge in [0.2, 0.25) is 5.91 Å². The topological polar surface area (TPSA) is 42.2 Å². The highest BCUT2D eigenvalue weighted by molar-refractivity contribution is 5.91. The Hall–Kier alpha value is -2.10. The molecule has 0 radical (unpaired) electrons. The standard InChI is InChI=1S/C12H10FNO2/c13-10-5-1-2-6-11(10)14-12(15)8-9-4-3-7-16-9/h1-7H,8H2,(H,14,15). The lowest BCUT2D eigenvalue weighted by Crippen LogP contribution is -2.14. The largest absolute Gasteiger partial charge is 0.469 e. The molecule has 2 rings (SSSR count). The van der Waals surface area contributed by atoms with Gasteiger partial charge in [0.1, 0.15) is 11.6 Å². The van der Waals surface area contributed by atoms with E-state index in [2.05, 4.69) is 5.32 Å². The predicted molar refractivity (Wildman–Crippen MR) is 57.4 cm³/mol. The highest BCUT2D eigenvalue weighted by Crippen LogP contribution is 2.13. The molecule has 0 fully saturated rings. The van der Waals surface area contributed by atoms with Crippen LogP contribution in [0.1, 0.15) is 5.76 Å². The van der Waals surface area contributed by atoms with Gasteiger partial charge in [0, 0.05) is 0 Å². The molecule has 0 aliphatic rings. The number of benzene rings is 1. The third-order valence-electron chi connectivity index (χ3n) is 2.06. The summed E-state index contributed by atoms with van der Waals surface area (Å²) in [5.74, 6) is -0.204. The average Bonchev–Trinajstić information content (AvgIpc) is 2.74. The summed E-state index contributed by atoms with van der Waals surface area (Å²) < 4.78 is 18.2. The fourth-order valence-corrected chi connectivity index (χ4v) is 1.33. The Bertz CT molecular complexity index is 480. The Morgan fingerprint density at radius 1 is 1.25 bits per heavy atom. The summed E-state index contributed by atoms with van der Waals surface area (Å²) in [6.07, 6.45) is 1.59. The lowest BCUT2D eigenvalue weighted by Gasteiger charge is -2.04. The molecule has 0 saturated heterocycles. The molecule has 1 heterocycles. The fraction of sp³-hybridized carbons (Fsp3) is 0.0833. The minimum Gasteiger partial charge on any atom is -0.469 e. The molecule has 0 spiro atoms. The van der Waals surface area contributed by atoms with Crippen molar-refractivity contribution in [3.63, 3.8) is 0 Å². The van der Waals surface area contributed by atoms with E-state index in [1.165, 1.54) is 18.4 Å². The van der Waals surface area contributed by atoms with Crippen LogP contribution < -0.4 is 5.32 Å². The molecule has 0 unspecified atom stereocenters. The minimum atomic E-state index is -0.449. The van der Waals surface area contributed by atoms with Crippen LogP contribution >= 0.6 is 0 Å². The number of carbonyl (C=O) groups is 1. The Labute approximate surface area is 91.9 Å². The molecule has 3 nitrogen and oxygen atoms in total. The molecule has 2 aromatic rings. The summed E-state index contributed by atoms with van der Waals surface area (Å²) in [5.41, 5.74) is 0.180. The number of furan rings is 1. The van der Waals surface area contributed by atoms with Gasteiger partial charge in [-0.1, -0.05) is 12.1 Å². The first-order valence-corrected chi connectivity index (χ1v) is 4.82.